The lowest BCUT2D eigenvalue weighted by atomic mass is 9.80. The minimum Gasteiger partial charge on any atom is -0.342 e. The Morgan fingerprint density at radius 2 is 1.73 bits per heavy atom. The van der Waals surface area contributed by atoms with Crippen LogP contribution in [0.1, 0.15) is 25.7 Å². The lowest BCUT2D eigenvalue weighted by molar-refractivity contribution is -0.161. The van der Waals surface area contributed by atoms with E-state index in [2.05, 4.69) is 0 Å². The van der Waals surface area contributed by atoms with Gasteiger partial charge in [0, 0.05) is 31.8 Å². The van der Waals surface area contributed by atoms with Crippen LogP contribution in [0.5, 0.6) is 0 Å². The summed E-state index contributed by atoms with van der Waals surface area (Å²) in [6.07, 6.45) is -0.816. The summed E-state index contributed by atoms with van der Waals surface area (Å²) in [5.74, 6) is -3.40. The molecule has 2 aliphatic rings. The van der Waals surface area contributed by atoms with E-state index < -0.39 is 18.0 Å². The molecule has 1 amide bonds. The predicted molar refractivity (Wildman–Crippen MR) is 48.4 cm³/mol. The molecule has 1 heterocycles. The van der Waals surface area contributed by atoms with Crippen molar-refractivity contribution in [2.24, 2.45) is 5.92 Å². The summed E-state index contributed by atoms with van der Waals surface area (Å²) in [5, 5.41) is 0. The zero-order valence-electron chi connectivity index (χ0n) is 8.39. The first-order chi connectivity index (χ1) is 6.98. The molecule has 1 saturated heterocycles. The van der Waals surface area contributed by atoms with E-state index in [1.165, 1.54) is 4.90 Å². The third-order valence-electron chi connectivity index (χ3n) is 3.18. The average molecular weight is 221 g/mol. The highest BCUT2D eigenvalue weighted by molar-refractivity contribution is 5.80. The van der Waals surface area contributed by atoms with Crippen molar-refractivity contribution in [3.05, 3.63) is 0 Å². The van der Waals surface area contributed by atoms with Crippen molar-refractivity contribution in [1.29, 1.82) is 0 Å². The average Bonchev–Trinajstić information content (AvgIpc) is 2.14. The van der Waals surface area contributed by atoms with Gasteiger partial charge >= 0.3 is 0 Å². The van der Waals surface area contributed by atoms with Crippen LogP contribution in [0.3, 0.4) is 0 Å². The topological polar surface area (TPSA) is 20.3 Å². The molecule has 15 heavy (non-hydrogen) atoms. The van der Waals surface area contributed by atoms with Crippen LogP contribution in [-0.2, 0) is 4.79 Å². The zero-order valence-corrected chi connectivity index (χ0v) is 8.39. The second-order valence-electron chi connectivity index (χ2n) is 4.46. The van der Waals surface area contributed by atoms with Crippen LogP contribution in [0.15, 0.2) is 0 Å². The maximum atomic E-state index is 12.8. The monoisotopic (exact) mass is 221 g/mol. The second-order valence-corrected chi connectivity index (χ2v) is 4.46. The van der Waals surface area contributed by atoms with Crippen molar-refractivity contribution >= 4 is 5.91 Å². The number of hydrogen-bond acceptors (Lipinski definition) is 1. The fraction of sp³-hybridized carbons (Fsp3) is 0.900. The summed E-state index contributed by atoms with van der Waals surface area (Å²) in [4.78, 5) is 13.2. The lowest BCUT2D eigenvalue weighted by Crippen LogP contribution is -2.49. The molecule has 1 aliphatic carbocycles. The van der Waals surface area contributed by atoms with E-state index in [0.717, 1.165) is 0 Å². The first-order valence-corrected chi connectivity index (χ1v) is 5.29. The number of likely N-dealkylation sites (tertiary alicyclic amines) is 1. The van der Waals surface area contributed by atoms with E-state index in [1.807, 2.05) is 0 Å². The first-order valence-electron chi connectivity index (χ1n) is 5.29. The number of alkyl halides is 3. The Morgan fingerprint density at radius 3 is 2.20 bits per heavy atom. The molecular weight excluding hydrogens is 207 g/mol. The largest absolute Gasteiger partial charge is 0.342 e. The van der Waals surface area contributed by atoms with Crippen molar-refractivity contribution in [1.82, 2.24) is 4.90 Å². The van der Waals surface area contributed by atoms with Crippen LogP contribution in [-0.4, -0.2) is 36.0 Å². The molecule has 0 aromatic heterocycles. The maximum absolute atomic E-state index is 12.8. The smallest absolute Gasteiger partial charge is 0.249 e. The van der Waals surface area contributed by atoms with Gasteiger partial charge in [0.15, 0.2) is 0 Å². The van der Waals surface area contributed by atoms with Gasteiger partial charge in [0.2, 0.25) is 11.8 Å². The molecule has 0 bridgehead atoms. The van der Waals surface area contributed by atoms with Gasteiger partial charge in [-0.15, -0.1) is 0 Å². The summed E-state index contributed by atoms with van der Waals surface area (Å²) >= 11 is 0. The molecule has 2 rings (SSSR count). The van der Waals surface area contributed by atoms with Gasteiger partial charge in [-0.1, -0.05) is 0 Å². The van der Waals surface area contributed by atoms with E-state index in [4.69, 9.17) is 0 Å². The predicted octanol–water partition coefficient (Wildman–Crippen LogP) is 1.99. The van der Waals surface area contributed by atoms with E-state index in [1.54, 1.807) is 0 Å². The summed E-state index contributed by atoms with van der Waals surface area (Å²) < 4.78 is 37.9. The van der Waals surface area contributed by atoms with Gasteiger partial charge in [0.05, 0.1) is 0 Å². The van der Waals surface area contributed by atoms with Crippen LogP contribution in [0.4, 0.5) is 13.2 Å². The molecule has 2 fully saturated rings. The Bertz CT molecular complexity index is 253. The van der Waals surface area contributed by atoms with Gasteiger partial charge in [-0.3, -0.25) is 4.79 Å². The van der Waals surface area contributed by atoms with Crippen molar-refractivity contribution in [3.8, 4) is 0 Å². The first kappa shape index (κ1) is 10.8. The third kappa shape index (κ3) is 2.26. The van der Waals surface area contributed by atoms with Crippen molar-refractivity contribution in [2.45, 2.75) is 37.8 Å². The van der Waals surface area contributed by atoms with E-state index >= 15 is 0 Å². The Morgan fingerprint density at radius 1 is 1.20 bits per heavy atom. The molecule has 0 atom stereocenters. The molecule has 0 N–H and O–H groups in total. The number of rotatable bonds is 1. The Hall–Kier alpha value is -0.740. The molecule has 2 nitrogen and oxygen atoms in total. The zero-order chi connectivity index (χ0) is 11.1. The molecular formula is C10H14F3NO. The molecule has 0 aromatic rings. The Labute approximate surface area is 86.4 Å². The molecule has 0 radical (unpaired) electrons. The summed E-state index contributed by atoms with van der Waals surface area (Å²) in [5.41, 5.74) is 0. The van der Waals surface area contributed by atoms with Crippen LogP contribution in [0.2, 0.25) is 0 Å². The second kappa shape index (κ2) is 3.68. The van der Waals surface area contributed by atoms with Crippen LogP contribution in [0, 0.1) is 5.92 Å². The minimum absolute atomic E-state index is 0.215. The highest BCUT2D eigenvalue weighted by Crippen LogP contribution is 2.43. The van der Waals surface area contributed by atoms with Gasteiger partial charge in [-0.2, -0.15) is 0 Å². The SMILES string of the molecule is O=C(C1CC(F)(F)C1)N1CCC(F)CC1. The number of piperidine rings is 1. The number of carbonyl (C=O) groups excluding carboxylic acids is 1. The van der Waals surface area contributed by atoms with Crippen LogP contribution in [0.25, 0.3) is 0 Å². The maximum Gasteiger partial charge on any atom is 0.249 e. The van der Waals surface area contributed by atoms with Crippen molar-refractivity contribution < 1.29 is 18.0 Å². The molecule has 1 aliphatic heterocycles. The summed E-state index contributed by atoms with van der Waals surface area (Å²) in [6.45, 7) is 0.754. The molecule has 1 saturated carbocycles. The highest BCUT2D eigenvalue weighted by Gasteiger charge is 2.49. The fourth-order valence-corrected chi connectivity index (χ4v) is 2.16. The van der Waals surface area contributed by atoms with Crippen LogP contribution < -0.4 is 0 Å². The van der Waals surface area contributed by atoms with E-state index in [0.29, 0.717) is 25.9 Å². The molecule has 0 unspecified atom stereocenters. The number of halogens is 3. The number of hydrogen-bond donors (Lipinski definition) is 0. The van der Waals surface area contributed by atoms with E-state index in [9.17, 15) is 18.0 Å². The number of carbonyl (C=O) groups is 1. The van der Waals surface area contributed by atoms with Gasteiger partial charge in [-0.25, -0.2) is 13.2 Å². The number of amides is 1. The minimum atomic E-state index is -2.65. The summed E-state index contributed by atoms with van der Waals surface area (Å²) in [7, 11) is 0. The fourth-order valence-electron chi connectivity index (χ4n) is 2.16. The molecule has 5 heteroatoms. The lowest BCUT2D eigenvalue weighted by Gasteiger charge is -2.38. The van der Waals surface area contributed by atoms with Gasteiger partial charge in [-0.05, 0) is 12.8 Å². The Kier molecular flexibility index (Phi) is 2.64. The van der Waals surface area contributed by atoms with Gasteiger partial charge < -0.3 is 4.90 Å². The van der Waals surface area contributed by atoms with Crippen molar-refractivity contribution in [2.75, 3.05) is 13.1 Å². The molecule has 0 spiro atoms. The summed E-state index contributed by atoms with van der Waals surface area (Å²) in [6, 6.07) is 0. The highest BCUT2D eigenvalue weighted by atomic mass is 19.3. The quantitative estimate of drug-likeness (QED) is 0.663. The molecule has 86 valence electrons. The third-order valence-corrected chi connectivity index (χ3v) is 3.18. The normalized spacial score (nSPS) is 27.5. The van der Waals surface area contributed by atoms with Gasteiger partial charge in [0.1, 0.15) is 6.17 Å². The van der Waals surface area contributed by atoms with Crippen molar-refractivity contribution in [3.63, 3.8) is 0 Å². The van der Waals surface area contributed by atoms with E-state index in [-0.39, 0.29) is 18.7 Å². The van der Waals surface area contributed by atoms with Gasteiger partial charge in [0.25, 0.3) is 0 Å². The number of nitrogens with zero attached hydrogens (tertiary/aromatic N) is 1. The Balaban J connectivity index is 1.82. The van der Waals surface area contributed by atoms with Crippen LogP contribution >= 0.6 is 0 Å². The molecule has 0 aromatic carbocycles. The standard InChI is InChI=1S/C10H14F3NO/c11-8-1-3-14(4-2-8)9(15)7-5-10(12,13)6-7/h7-8H,1-6H2.